The molecule has 1 aliphatic carbocycles. The molecule has 0 radical (unpaired) electrons. The summed E-state index contributed by atoms with van der Waals surface area (Å²) in [6, 6.07) is 0.277. The largest absolute Gasteiger partial charge is 0.486 e. The maximum atomic E-state index is 12.6. The molecule has 0 aromatic heterocycles. The molecule has 1 aliphatic heterocycles. The number of hydrogen-bond donors (Lipinski definition) is 1. The Balaban J connectivity index is 1.98. The Bertz CT molecular complexity index is 201. The lowest BCUT2D eigenvalue weighted by molar-refractivity contribution is -0.351. The highest BCUT2D eigenvalue weighted by molar-refractivity contribution is 4.87. The average molecular weight is 193 g/mol. The summed E-state index contributed by atoms with van der Waals surface area (Å²) in [5.74, 6) is 0. The van der Waals surface area contributed by atoms with Gasteiger partial charge in [0.05, 0.1) is 12.2 Å². The second kappa shape index (κ2) is 3.15. The molecule has 3 atom stereocenters. The molecule has 13 heavy (non-hydrogen) atoms. The van der Waals surface area contributed by atoms with Gasteiger partial charge in [-0.05, 0) is 26.3 Å². The van der Waals surface area contributed by atoms with Crippen molar-refractivity contribution in [2.24, 2.45) is 0 Å². The summed E-state index contributed by atoms with van der Waals surface area (Å²) in [6.07, 6.45) is -2.10. The fourth-order valence-electron chi connectivity index (χ4n) is 2.00. The van der Waals surface area contributed by atoms with Crippen LogP contribution in [0.2, 0.25) is 0 Å². The first-order chi connectivity index (χ1) is 6.11. The van der Waals surface area contributed by atoms with Crippen LogP contribution >= 0.6 is 0 Å². The van der Waals surface area contributed by atoms with Crippen LogP contribution in [0.15, 0.2) is 0 Å². The quantitative estimate of drug-likeness (QED) is 0.676. The van der Waals surface area contributed by atoms with Crippen molar-refractivity contribution in [3.63, 3.8) is 0 Å². The Morgan fingerprint density at radius 2 is 1.92 bits per heavy atom. The van der Waals surface area contributed by atoms with Gasteiger partial charge in [0, 0.05) is 6.04 Å². The Morgan fingerprint density at radius 1 is 1.23 bits per heavy atom. The normalized spacial score (nSPS) is 43.2. The van der Waals surface area contributed by atoms with E-state index in [0.29, 0.717) is 12.8 Å². The van der Waals surface area contributed by atoms with Crippen molar-refractivity contribution in [2.45, 2.75) is 43.8 Å². The highest BCUT2D eigenvalue weighted by atomic mass is 19.3. The Kier molecular flexibility index (Phi) is 2.25. The van der Waals surface area contributed by atoms with Crippen LogP contribution < -0.4 is 5.32 Å². The van der Waals surface area contributed by atoms with Crippen molar-refractivity contribution < 1.29 is 18.3 Å². The van der Waals surface area contributed by atoms with E-state index in [1.165, 1.54) is 0 Å². The van der Waals surface area contributed by atoms with E-state index in [1.54, 1.807) is 0 Å². The molecule has 1 heterocycles. The minimum absolute atomic E-state index is 0.277. The van der Waals surface area contributed by atoms with Gasteiger partial charge in [0.1, 0.15) is 0 Å². The summed E-state index contributed by atoms with van der Waals surface area (Å²) in [5.41, 5.74) is 0. The summed E-state index contributed by atoms with van der Waals surface area (Å²) in [5, 5.41) is 3.06. The number of rotatable bonds is 1. The van der Waals surface area contributed by atoms with E-state index in [2.05, 4.69) is 14.8 Å². The number of halogens is 2. The van der Waals surface area contributed by atoms with Crippen LogP contribution in [0.4, 0.5) is 8.78 Å². The molecule has 3 unspecified atom stereocenters. The lowest BCUT2D eigenvalue weighted by atomic mass is 9.91. The second-order valence-corrected chi connectivity index (χ2v) is 3.57. The van der Waals surface area contributed by atoms with Gasteiger partial charge in [-0.2, -0.15) is 0 Å². The molecule has 1 saturated heterocycles. The molecule has 1 N–H and O–H groups in total. The highest BCUT2D eigenvalue weighted by Gasteiger charge is 2.51. The van der Waals surface area contributed by atoms with Crippen LogP contribution in [0, 0.1) is 0 Å². The molecule has 0 amide bonds. The zero-order valence-electron chi connectivity index (χ0n) is 7.43. The van der Waals surface area contributed by atoms with E-state index >= 15 is 0 Å². The maximum absolute atomic E-state index is 12.6. The van der Waals surface area contributed by atoms with Crippen molar-refractivity contribution in [3.8, 4) is 0 Å². The predicted molar refractivity (Wildman–Crippen MR) is 41.4 cm³/mol. The standard InChI is InChI=1S/C8H13F2NO2/c1-11-5-2-3-6-7(4-5)13-8(9,10)12-6/h5-7,11H,2-4H2,1H3. The smallest absolute Gasteiger partial charge is 0.317 e. The fourth-order valence-corrected chi connectivity index (χ4v) is 2.00. The topological polar surface area (TPSA) is 30.5 Å². The zero-order valence-corrected chi connectivity index (χ0v) is 7.43. The van der Waals surface area contributed by atoms with Crippen LogP contribution in [0.1, 0.15) is 19.3 Å². The van der Waals surface area contributed by atoms with E-state index in [9.17, 15) is 8.78 Å². The minimum atomic E-state index is -3.36. The third-order valence-corrected chi connectivity index (χ3v) is 2.72. The van der Waals surface area contributed by atoms with E-state index < -0.39 is 18.5 Å². The third-order valence-electron chi connectivity index (χ3n) is 2.72. The van der Waals surface area contributed by atoms with Crippen molar-refractivity contribution >= 4 is 0 Å². The van der Waals surface area contributed by atoms with Crippen LogP contribution in [-0.2, 0) is 9.47 Å². The lowest BCUT2D eigenvalue weighted by Crippen LogP contribution is -2.39. The number of ether oxygens (including phenoxy) is 2. The van der Waals surface area contributed by atoms with Gasteiger partial charge >= 0.3 is 6.29 Å². The van der Waals surface area contributed by atoms with Gasteiger partial charge in [-0.1, -0.05) is 0 Å². The first-order valence-electron chi connectivity index (χ1n) is 4.51. The van der Waals surface area contributed by atoms with Gasteiger partial charge in [0.25, 0.3) is 0 Å². The van der Waals surface area contributed by atoms with Crippen LogP contribution in [0.3, 0.4) is 0 Å². The third kappa shape index (κ3) is 1.82. The predicted octanol–water partition coefficient (Wildman–Crippen LogP) is 1.09. The van der Waals surface area contributed by atoms with Crippen LogP contribution in [0.5, 0.6) is 0 Å². The average Bonchev–Trinajstić information content (AvgIpc) is 2.36. The monoisotopic (exact) mass is 193 g/mol. The summed E-state index contributed by atoms with van der Waals surface area (Å²) in [7, 11) is 1.83. The molecule has 0 bridgehead atoms. The highest BCUT2D eigenvalue weighted by Crippen LogP contribution is 2.38. The van der Waals surface area contributed by atoms with Gasteiger partial charge in [-0.25, -0.2) is 0 Å². The van der Waals surface area contributed by atoms with Crippen molar-refractivity contribution in [1.29, 1.82) is 0 Å². The van der Waals surface area contributed by atoms with E-state index in [-0.39, 0.29) is 6.04 Å². The molecule has 0 spiro atoms. The molecule has 1 saturated carbocycles. The Morgan fingerprint density at radius 3 is 2.62 bits per heavy atom. The second-order valence-electron chi connectivity index (χ2n) is 3.57. The minimum Gasteiger partial charge on any atom is -0.317 e. The van der Waals surface area contributed by atoms with Gasteiger partial charge in [0.15, 0.2) is 0 Å². The van der Waals surface area contributed by atoms with Crippen LogP contribution in [-0.4, -0.2) is 31.6 Å². The van der Waals surface area contributed by atoms with Gasteiger partial charge in [-0.3, -0.25) is 9.47 Å². The summed E-state index contributed by atoms with van der Waals surface area (Å²) < 4.78 is 34.2. The van der Waals surface area contributed by atoms with Crippen molar-refractivity contribution in [1.82, 2.24) is 5.32 Å². The van der Waals surface area contributed by atoms with Crippen molar-refractivity contribution in [3.05, 3.63) is 0 Å². The summed E-state index contributed by atoms with van der Waals surface area (Å²) >= 11 is 0. The van der Waals surface area contributed by atoms with E-state index in [1.807, 2.05) is 7.05 Å². The van der Waals surface area contributed by atoms with E-state index in [4.69, 9.17) is 0 Å². The Hall–Kier alpha value is -0.260. The fraction of sp³-hybridized carbons (Fsp3) is 1.00. The zero-order chi connectivity index (χ0) is 9.47. The summed E-state index contributed by atoms with van der Waals surface area (Å²) in [6.45, 7) is 0. The molecule has 76 valence electrons. The van der Waals surface area contributed by atoms with Crippen molar-refractivity contribution in [2.75, 3.05) is 7.05 Å². The van der Waals surface area contributed by atoms with Gasteiger partial charge in [-0.15, -0.1) is 8.78 Å². The maximum Gasteiger partial charge on any atom is 0.486 e. The molecular weight excluding hydrogens is 180 g/mol. The first kappa shape index (κ1) is 9.30. The molecule has 2 rings (SSSR count). The van der Waals surface area contributed by atoms with E-state index in [0.717, 1.165) is 6.42 Å². The first-order valence-corrected chi connectivity index (χ1v) is 4.51. The SMILES string of the molecule is CNC1CCC2OC(F)(F)OC2C1. The number of hydrogen-bond acceptors (Lipinski definition) is 3. The number of nitrogens with one attached hydrogen (secondary N) is 1. The van der Waals surface area contributed by atoms with Crippen LogP contribution in [0.25, 0.3) is 0 Å². The summed E-state index contributed by atoms with van der Waals surface area (Å²) in [4.78, 5) is 0. The molecule has 0 aromatic carbocycles. The number of fused-ring (bicyclic) bond motifs is 1. The molecular formula is C8H13F2NO2. The number of alkyl halides is 2. The lowest BCUT2D eigenvalue weighted by Gasteiger charge is -2.28. The molecule has 3 nitrogen and oxygen atoms in total. The van der Waals surface area contributed by atoms with Gasteiger partial charge < -0.3 is 5.32 Å². The molecule has 2 fully saturated rings. The molecule has 5 heteroatoms. The molecule has 2 aliphatic rings. The molecule has 0 aromatic rings. The Labute approximate surface area is 75.4 Å². The van der Waals surface area contributed by atoms with Gasteiger partial charge in [0.2, 0.25) is 0 Å².